The number of carbonyl (C=O) groups excluding carboxylic acids is 1. The van der Waals surface area contributed by atoms with Gasteiger partial charge in [0, 0.05) is 19.8 Å². The first-order chi connectivity index (χ1) is 10.2. The van der Waals surface area contributed by atoms with E-state index in [2.05, 4.69) is 5.32 Å². The molecule has 118 valence electrons. The number of thiophene rings is 1. The van der Waals surface area contributed by atoms with E-state index in [0.29, 0.717) is 10.6 Å². The fourth-order valence-electron chi connectivity index (χ4n) is 1.90. The normalized spacial score (nSPS) is 14.2. The summed E-state index contributed by atoms with van der Waals surface area (Å²) in [5.74, 6) is 0.425. The number of ether oxygens (including phenoxy) is 2. The van der Waals surface area contributed by atoms with Crippen molar-refractivity contribution in [3.8, 4) is 0 Å². The first-order valence-corrected chi connectivity index (χ1v) is 9.07. The number of anilines is 2. The van der Waals surface area contributed by atoms with Crippen molar-refractivity contribution in [2.45, 2.75) is 24.2 Å². The highest BCUT2D eigenvalue weighted by molar-refractivity contribution is 7.99. The standard InChI is InChI=1S/C14H22N2O3S2/c1-18-14(17)12-10(15)11(20-2)13(21-12)16-6-3-7-19-8-9-4-5-9/h9,16H,3-8,15H2,1-2H3. The SMILES string of the molecule is COC(=O)c1sc(NCCCOCC2CC2)c(SC)c1N. The fraction of sp³-hybridized carbons (Fsp3) is 0.643. The van der Waals surface area contributed by atoms with Gasteiger partial charge in [-0.1, -0.05) is 0 Å². The summed E-state index contributed by atoms with van der Waals surface area (Å²) in [5, 5.41) is 4.27. The summed E-state index contributed by atoms with van der Waals surface area (Å²) < 4.78 is 10.3. The Kier molecular flexibility index (Phi) is 6.20. The number of carbonyl (C=O) groups is 1. The van der Waals surface area contributed by atoms with Gasteiger partial charge in [0.2, 0.25) is 0 Å². The lowest BCUT2D eigenvalue weighted by Gasteiger charge is -2.06. The van der Waals surface area contributed by atoms with Gasteiger partial charge in [0.25, 0.3) is 0 Å². The molecule has 0 saturated heterocycles. The quantitative estimate of drug-likeness (QED) is 0.412. The van der Waals surface area contributed by atoms with Crippen molar-refractivity contribution in [3.05, 3.63) is 4.88 Å². The average Bonchev–Trinajstić information content (AvgIpc) is 3.25. The number of thioether (sulfide) groups is 1. The molecular formula is C14H22N2O3S2. The topological polar surface area (TPSA) is 73.6 Å². The highest BCUT2D eigenvalue weighted by atomic mass is 32.2. The van der Waals surface area contributed by atoms with Crippen LogP contribution in [0.3, 0.4) is 0 Å². The molecule has 5 nitrogen and oxygen atoms in total. The smallest absolute Gasteiger partial charge is 0.350 e. The molecule has 3 N–H and O–H groups in total. The Morgan fingerprint density at radius 3 is 2.90 bits per heavy atom. The Labute approximate surface area is 133 Å². The second-order valence-electron chi connectivity index (χ2n) is 5.00. The molecule has 1 saturated carbocycles. The van der Waals surface area contributed by atoms with Gasteiger partial charge in [-0.2, -0.15) is 0 Å². The van der Waals surface area contributed by atoms with Crippen LogP contribution in [0.15, 0.2) is 4.90 Å². The lowest BCUT2D eigenvalue weighted by atomic mass is 10.4. The number of nitrogens with two attached hydrogens (primary N) is 1. The van der Waals surface area contributed by atoms with Crippen molar-refractivity contribution in [2.75, 3.05) is 44.2 Å². The first-order valence-electron chi connectivity index (χ1n) is 7.03. The summed E-state index contributed by atoms with van der Waals surface area (Å²) >= 11 is 2.88. The molecule has 1 aliphatic carbocycles. The molecule has 0 radical (unpaired) electrons. The lowest BCUT2D eigenvalue weighted by Crippen LogP contribution is -2.06. The summed E-state index contributed by atoms with van der Waals surface area (Å²) in [7, 11) is 1.37. The summed E-state index contributed by atoms with van der Waals surface area (Å²) in [5.41, 5.74) is 6.51. The maximum atomic E-state index is 11.7. The van der Waals surface area contributed by atoms with Gasteiger partial charge in [-0.05, 0) is 31.4 Å². The van der Waals surface area contributed by atoms with Crippen LogP contribution in [0.2, 0.25) is 0 Å². The second kappa shape index (κ2) is 7.91. The van der Waals surface area contributed by atoms with Crippen LogP contribution in [0.4, 0.5) is 10.7 Å². The molecule has 21 heavy (non-hydrogen) atoms. The number of nitrogens with one attached hydrogen (secondary N) is 1. The Hall–Kier alpha value is -0.920. The van der Waals surface area contributed by atoms with E-state index in [1.165, 1.54) is 43.1 Å². The summed E-state index contributed by atoms with van der Waals surface area (Å²) in [6.45, 7) is 2.47. The molecule has 7 heteroatoms. The van der Waals surface area contributed by atoms with E-state index >= 15 is 0 Å². The summed E-state index contributed by atoms with van der Waals surface area (Å²) in [6, 6.07) is 0. The van der Waals surface area contributed by atoms with Crippen LogP contribution < -0.4 is 11.1 Å². The zero-order valence-electron chi connectivity index (χ0n) is 12.4. The highest BCUT2D eigenvalue weighted by Gasteiger charge is 2.22. The Morgan fingerprint density at radius 1 is 1.52 bits per heavy atom. The summed E-state index contributed by atoms with van der Waals surface area (Å²) in [4.78, 5) is 13.0. The molecule has 0 amide bonds. The number of hydrogen-bond acceptors (Lipinski definition) is 7. The van der Waals surface area contributed by atoms with Crippen LogP contribution in [0.5, 0.6) is 0 Å². The number of methoxy groups -OCH3 is 1. The fourth-order valence-corrected chi connectivity index (χ4v) is 3.88. The van der Waals surface area contributed by atoms with Gasteiger partial charge in [0.05, 0.1) is 17.7 Å². The van der Waals surface area contributed by atoms with Gasteiger partial charge >= 0.3 is 5.97 Å². The zero-order chi connectivity index (χ0) is 15.2. The highest BCUT2D eigenvalue weighted by Crippen LogP contribution is 2.41. The predicted octanol–water partition coefficient (Wildman–Crippen LogP) is 3.07. The van der Waals surface area contributed by atoms with Crippen LogP contribution in [0.1, 0.15) is 28.9 Å². The minimum atomic E-state index is -0.381. The van der Waals surface area contributed by atoms with Crippen LogP contribution in [-0.4, -0.2) is 39.1 Å². The van der Waals surface area contributed by atoms with Crippen molar-refractivity contribution in [1.29, 1.82) is 0 Å². The Morgan fingerprint density at radius 2 is 2.29 bits per heavy atom. The zero-order valence-corrected chi connectivity index (χ0v) is 14.1. The maximum Gasteiger partial charge on any atom is 0.350 e. The van der Waals surface area contributed by atoms with Crippen molar-refractivity contribution in [2.24, 2.45) is 5.92 Å². The van der Waals surface area contributed by atoms with E-state index < -0.39 is 0 Å². The van der Waals surface area contributed by atoms with Crippen molar-refractivity contribution in [1.82, 2.24) is 0 Å². The molecule has 0 aromatic carbocycles. The van der Waals surface area contributed by atoms with Gasteiger partial charge in [-0.25, -0.2) is 4.79 Å². The van der Waals surface area contributed by atoms with E-state index in [9.17, 15) is 4.79 Å². The Bertz CT molecular complexity index is 487. The van der Waals surface area contributed by atoms with Crippen molar-refractivity contribution in [3.63, 3.8) is 0 Å². The largest absolute Gasteiger partial charge is 0.465 e. The molecule has 1 aliphatic rings. The molecular weight excluding hydrogens is 308 g/mol. The molecule has 1 aromatic heterocycles. The molecule has 1 fully saturated rings. The second-order valence-corrected chi connectivity index (χ2v) is 6.83. The maximum absolute atomic E-state index is 11.7. The van der Waals surface area contributed by atoms with Gasteiger partial charge in [-0.15, -0.1) is 23.1 Å². The van der Waals surface area contributed by atoms with E-state index in [0.717, 1.165) is 42.0 Å². The Balaban J connectivity index is 1.81. The van der Waals surface area contributed by atoms with Gasteiger partial charge in [0.1, 0.15) is 9.88 Å². The number of nitrogen functional groups attached to an aromatic ring is 1. The van der Waals surface area contributed by atoms with Crippen molar-refractivity contribution < 1.29 is 14.3 Å². The van der Waals surface area contributed by atoms with E-state index in [1.807, 2.05) is 6.26 Å². The lowest BCUT2D eigenvalue weighted by molar-refractivity contribution is 0.0607. The minimum absolute atomic E-state index is 0.381. The van der Waals surface area contributed by atoms with Gasteiger partial charge in [0.15, 0.2) is 0 Å². The predicted molar refractivity (Wildman–Crippen MR) is 88.5 cm³/mol. The van der Waals surface area contributed by atoms with E-state index in [-0.39, 0.29) is 5.97 Å². The summed E-state index contributed by atoms with van der Waals surface area (Å²) in [6.07, 6.45) is 5.52. The van der Waals surface area contributed by atoms with Crippen LogP contribution in [0, 0.1) is 5.92 Å². The van der Waals surface area contributed by atoms with Crippen molar-refractivity contribution >= 4 is 39.8 Å². The third-order valence-corrected chi connectivity index (χ3v) is 5.38. The molecule has 1 aromatic rings. The van der Waals surface area contributed by atoms with Crippen LogP contribution in [-0.2, 0) is 9.47 Å². The van der Waals surface area contributed by atoms with E-state index in [4.69, 9.17) is 15.2 Å². The van der Waals surface area contributed by atoms with Crippen LogP contribution in [0.25, 0.3) is 0 Å². The molecule has 0 unspecified atom stereocenters. The number of hydrogen-bond donors (Lipinski definition) is 2. The molecule has 0 aliphatic heterocycles. The molecule has 2 rings (SSSR count). The first kappa shape index (κ1) is 16.5. The molecule has 0 atom stereocenters. The van der Waals surface area contributed by atoms with Crippen LogP contribution >= 0.6 is 23.1 Å². The average molecular weight is 330 g/mol. The molecule has 0 spiro atoms. The number of rotatable bonds is 9. The van der Waals surface area contributed by atoms with E-state index in [1.54, 1.807) is 0 Å². The minimum Gasteiger partial charge on any atom is -0.465 e. The monoisotopic (exact) mass is 330 g/mol. The van der Waals surface area contributed by atoms with Gasteiger partial charge in [-0.3, -0.25) is 0 Å². The third-order valence-electron chi connectivity index (χ3n) is 3.28. The molecule has 1 heterocycles. The molecule has 0 bridgehead atoms. The number of esters is 1. The van der Waals surface area contributed by atoms with Gasteiger partial charge < -0.3 is 20.5 Å². The third kappa shape index (κ3) is 4.52.